The Labute approximate surface area is 399 Å². The molecule has 0 aliphatic rings. The van der Waals surface area contributed by atoms with Gasteiger partial charge in [-0.15, -0.1) is 0 Å². The Kier molecular flexibility index (Phi) is 8.23. The number of hydrogen-bond acceptors (Lipinski definition) is 6. The molecule has 0 atom stereocenters. The predicted molar refractivity (Wildman–Crippen MR) is 283 cm³/mol. The summed E-state index contributed by atoms with van der Waals surface area (Å²) in [7, 11) is 0. The maximum Gasteiger partial charge on any atom is 0.164 e. The third kappa shape index (κ3) is 5.85. The molecule has 0 unspecified atom stereocenters. The van der Waals surface area contributed by atoms with E-state index in [1.165, 1.54) is 21.8 Å². The van der Waals surface area contributed by atoms with Gasteiger partial charge in [-0.05, 0) is 101 Å². The molecule has 7 nitrogen and oxygen atoms in total. The molecule has 5 aromatic heterocycles. The molecular formula is C63H36N4O3. The van der Waals surface area contributed by atoms with E-state index >= 15 is 0 Å². The lowest BCUT2D eigenvalue weighted by atomic mass is 9.96. The minimum Gasteiger partial charge on any atom is -0.456 e. The molecule has 0 radical (unpaired) electrons. The highest BCUT2D eigenvalue weighted by Gasteiger charge is 2.22. The van der Waals surface area contributed by atoms with E-state index in [4.69, 9.17) is 28.2 Å². The van der Waals surface area contributed by atoms with Gasteiger partial charge in [-0.25, -0.2) is 15.0 Å². The largest absolute Gasteiger partial charge is 0.456 e. The van der Waals surface area contributed by atoms with Crippen LogP contribution < -0.4 is 0 Å². The van der Waals surface area contributed by atoms with E-state index in [9.17, 15) is 0 Å². The standard InChI is InChI=1S/C63H36N4O3/c1-3-14-37(15-4-1)61-64-62(46-21-12-26-55-59(46)44-19-8-10-24-52(44)68-55)66-63(65-61)47-22-13-27-56-60(47)49-35-40(30-33-53(49)69-56)42-20-11-25-54-58(42)45-31-28-39(36-57(45)70-54)38-29-32-51-48(34-38)43-18-7-9-23-50(43)67(51)41-16-5-2-6-17-41/h1-36H. The quantitative estimate of drug-likeness (QED) is 0.165. The molecule has 7 heteroatoms. The Balaban J connectivity index is 0.868. The van der Waals surface area contributed by atoms with Crippen molar-refractivity contribution in [2.45, 2.75) is 0 Å². The average molecular weight is 897 g/mol. The Bertz CT molecular complexity index is 4600. The number of fused-ring (bicyclic) bond motifs is 12. The van der Waals surface area contributed by atoms with Crippen molar-refractivity contribution in [3.8, 4) is 62.1 Å². The minimum atomic E-state index is 0.548. The van der Waals surface area contributed by atoms with Gasteiger partial charge in [0.05, 0.1) is 11.0 Å². The zero-order valence-corrected chi connectivity index (χ0v) is 37.3. The highest BCUT2D eigenvalue weighted by molar-refractivity contribution is 6.17. The number of hydrogen-bond donors (Lipinski definition) is 0. The van der Waals surface area contributed by atoms with Gasteiger partial charge in [-0.3, -0.25) is 0 Å². The third-order valence-electron chi connectivity index (χ3n) is 13.9. The molecule has 70 heavy (non-hydrogen) atoms. The van der Waals surface area contributed by atoms with Crippen molar-refractivity contribution in [3.05, 3.63) is 218 Å². The van der Waals surface area contributed by atoms with E-state index in [2.05, 4.69) is 150 Å². The number of rotatable bonds is 6. The molecule has 0 saturated carbocycles. The van der Waals surface area contributed by atoms with Gasteiger partial charge in [0.15, 0.2) is 17.5 Å². The summed E-state index contributed by atoms with van der Waals surface area (Å²) in [4.78, 5) is 15.6. The van der Waals surface area contributed by atoms with Gasteiger partial charge in [0, 0.05) is 65.5 Å². The van der Waals surface area contributed by atoms with Crippen molar-refractivity contribution in [2.24, 2.45) is 0 Å². The Morgan fingerprint density at radius 3 is 1.53 bits per heavy atom. The first-order valence-corrected chi connectivity index (χ1v) is 23.4. The molecule has 0 aliphatic carbocycles. The Hall–Kier alpha value is -9.59. The number of nitrogens with zero attached hydrogens (tertiary/aromatic N) is 4. The maximum atomic E-state index is 6.71. The van der Waals surface area contributed by atoms with Gasteiger partial charge >= 0.3 is 0 Å². The maximum absolute atomic E-state index is 6.71. The van der Waals surface area contributed by atoms with Gasteiger partial charge in [-0.1, -0.05) is 140 Å². The average Bonchev–Trinajstić information content (AvgIpc) is 4.19. The van der Waals surface area contributed by atoms with Gasteiger partial charge in [-0.2, -0.15) is 0 Å². The molecule has 15 rings (SSSR count). The fourth-order valence-corrected chi connectivity index (χ4v) is 10.7. The normalized spacial score (nSPS) is 12.0. The number of benzene rings is 10. The first kappa shape index (κ1) is 38.5. The van der Waals surface area contributed by atoms with Crippen LogP contribution in [-0.2, 0) is 0 Å². The SMILES string of the molecule is c1ccc(-c2nc(-c3cccc4oc5ccccc5c34)nc(-c3cccc4oc5ccc(-c6cccc7oc8cc(-c9ccc%10c(c9)c9ccccc9n%10-c9ccccc9)ccc8c67)cc5c34)n2)cc1. The number of para-hydroxylation sites is 3. The van der Waals surface area contributed by atoms with E-state index < -0.39 is 0 Å². The van der Waals surface area contributed by atoms with Crippen LogP contribution in [0.4, 0.5) is 0 Å². The predicted octanol–water partition coefficient (Wildman–Crippen LogP) is 17.0. The van der Waals surface area contributed by atoms with E-state index in [1.54, 1.807) is 0 Å². The minimum absolute atomic E-state index is 0.548. The fourth-order valence-electron chi connectivity index (χ4n) is 10.7. The Morgan fingerprint density at radius 1 is 0.271 bits per heavy atom. The summed E-state index contributed by atoms with van der Waals surface area (Å²) in [5, 5.41) is 8.42. The van der Waals surface area contributed by atoms with Crippen molar-refractivity contribution in [1.29, 1.82) is 0 Å². The molecule has 0 N–H and O–H groups in total. The monoisotopic (exact) mass is 896 g/mol. The second kappa shape index (κ2) is 15.0. The zero-order chi connectivity index (χ0) is 45.9. The molecule has 0 aliphatic heterocycles. The first-order chi connectivity index (χ1) is 34.7. The van der Waals surface area contributed by atoms with Crippen LogP contribution in [0, 0.1) is 0 Å². The summed E-state index contributed by atoms with van der Waals surface area (Å²) >= 11 is 0. The fraction of sp³-hybridized carbons (Fsp3) is 0. The van der Waals surface area contributed by atoms with Crippen LogP contribution in [-0.4, -0.2) is 19.5 Å². The van der Waals surface area contributed by atoms with Gasteiger partial charge in [0.25, 0.3) is 0 Å². The van der Waals surface area contributed by atoms with Crippen LogP contribution in [0.2, 0.25) is 0 Å². The van der Waals surface area contributed by atoms with E-state index in [0.29, 0.717) is 17.5 Å². The zero-order valence-electron chi connectivity index (χ0n) is 37.3. The van der Waals surface area contributed by atoms with E-state index in [0.717, 1.165) is 110 Å². The van der Waals surface area contributed by atoms with Crippen LogP contribution >= 0.6 is 0 Å². The molecule has 326 valence electrons. The first-order valence-electron chi connectivity index (χ1n) is 23.4. The summed E-state index contributed by atoms with van der Waals surface area (Å²) in [6.07, 6.45) is 0. The molecule has 5 heterocycles. The third-order valence-corrected chi connectivity index (χ3v) is 13.9. The molecule has 10 aromatic carbocycles. The second-order valence-corrected chi connectivity index (χ2v) is 17.9. The summed E-state index contributed by atoms with van der Waals surface area (Å²) in [5.41, 5.74) is 15.2. The molecule has 0 amide bonds. The lowest BCUT2D eigenvalue weighted by Gasteiger charge is -2.10. The van der Waals surface area contributed by atoms with Crippen molar-refractivity contribution in [3.63, 3.8) is 0 Å². The van der Waals surface area contributed by atoms with Crippen LogP contribution in [0.1, 0.15) is 0 Å². The van der Waals surface area contributed by atoms with E-state index in [1.807, 2.05) is 72.8 Å². The smallest absolute Gasteiger partial charge is 0.164 e. The molecule has 15 aromatic rings. The Morgan fingerprint density at radius 2 is 0.771 bits per heavy atom. The summed E-state index contributed by atoms with van der Waals surface area (Å²) in [6.45, 7) is 0. The molecule has 0 fully saturated rings. The van der Waals surface area contributed by atoms with Gasteiger partial charge in [0.1, 0.15) is 33.5 Å². The van der Waals surface area contributed by atoms with Crippen LogP contribution in [0.3, 0.4) is 0 Å². The number of furan rings is 3. The second-order valence-electron chi connectivity index (χ2n) is 17.9. The topological polar surface area (TPSA) is 83.0 Å². The summed E-state index contributed by atoms with van der Waals surface area (Å²) in [5.74, 6) is 1.69. The number of aromatic nitrogens is 4. The highest BCUT2D eigenvalue weighted by atomic mass is 16.3. The van der Waals surface area contributed by atoms with Crippen LogP contribution in [0.15, 0.2) is 232 Å². The molecular weight excluding hydrogens is 861 g/mol. The lowest BCUT2D eigenvalue weighted by molar-refractivity contribution is 0.668. The van der Waals surface area contributed by atoms with Crippen molar-refractivity contribution in [1.82, 2.24) is 19.5 Å². The van der Waals surface area contributed by atoms with E-state index in [-0.39, 0.29) is 0 Å². The van der Waals surface area contributed by atoms with Gasteiger partial charge < -0.3 is 17.8 Å². The van der Waals surface area contributed by atoms with Gasteiger partial charge in [0.2, 0.25) is 0 Å². The molecule has 0 saturated heterocycles. The van der Waals surface area contributed by atoms with Crippen molar-refractivity contribution < 1.29 is 13.3 Å². The lowest BCUT2D eigenvalue weighted by Crippen LogP contribution is -2.00. The summed E-state index contributed by atoms with van der Waals surface area (Å²) < 4.78 is 22.0. The highest BCUT2D eigenvalue weighted by Crippen LogP contribution is 2.44. The van der Waals surface area contributed by atoms with Crippen LogP contribution in [0.5, 0.6) is 0 Å². The van der Waals surface area contributed by atoms with Crippen molar-refractivity contribution in [2.75, 3.05) is 0 Å². The molecule has 0 bridgehead atoms. The van der Waals surface area contributed by atoms with Crippen LogP contribution in [0.25, 0.3) is 150 Å². The molecule has 0 spiro atoms. The van der Waals surface area contributed by atoms with Crippen molar-refractivity contribution >= 4 is 87.6 Å². The summed E-state index contributed by atoms with van der Waals surface area (Å²) in [6, 6.07) is 75.6.